The fourth-order valence-corrected chi connectivity index (χ4v) is 2.64. The van der Waals surface area contributed by atoms with Crippen LogP contribution in [0.15, 0.2) is 60.8 Å². The third kappa shape index (κ3) is 5.04. The molecule has 0 radical (unpaired) electrons. The van der Waals surface area contributed by atoms with E-state index in [4.69, 9.17) is 0 Å². The van der Waals surface area contributed by atoms with Gasteiger partial charge in [-0.1, -0.05) is 36.4 Å². The number of aliphatic hydroxyl groups excluding tert-OH is 1. The van der Waals surface area contributed by atoms with Gasteiger partial charge in [-0.3, -0.25) is 4.98 Å². The van der Waals surface area contributed by atoms with Crippen molar-refractivity contribution in [3.63, 3.8) is 0 Å². The summed E-state index contributed by atoms with van der Waals surface area (Å²) >= 11 is 0. The first-order chi connectivity index (χ1) is 13.3. The van der Waals surface area contributed by atoms with Gasteiger partial charge in [0.1, 0.15) is 11.5 Å². The van der Waals surface area contributed by atoms with E-state index in [1.165, 1.54) is 12.3 Å². The molecule has 2 unspecified atom stereocenters. The second-order valence-electron chi connectivity index (χ2n) is 6.36. The number of alkyl halides is 3. The highest BCUT2D eigenvalue weighted by Gasteiger charge is 2.34. The lowest BCUT2D eigenvalue weighted by molar-refractivity contribution is -0.141. The second-order valence-corrected chi connectivity index (χ2v) is 6.36. The molecule has 3 rings (SSSR count). The van der Waals surface area contributed by atoms with Crippen molar-refractivity contribution in [1.29, 1.82) is 0 Å². The van der Waals surface area contributed by atoms with Crippen molar-refractivity contribution in [1.82, 2.24) is 15.0 Å². The van der Waals surface area contributed by atoms with Gasteiger partial charge >= 0.3 is 6.18 Å². The number of pyridine rings is 1. The number of nitrogens with zero attached hydrogens (tertiary/aromatic N) is 3. The molecule has 1 aromatic carbocycles. The van der Waals surface area contributed by atoms with E-state index in [0.717, 1.165) is 11.6 Å². The van der Waals surface area contributed by atoms with E-state index >= 15 is 0 Å². The van der Waals surface area contributed by atoms with E-state index in [9.17, 15) is 18.3 Å². The van der Waals surface area contributed by atoms with Crippen LogP contribution in [0.5, 0.6) is 0 Å². The van der Waals surface area contributed by atoms with Crippen LogP contribution in [0.25, 0.3) is 11.5 Å². The number of aliphatic hydroxyl groups is 1. The van der Waals surface area contributed by atoms with Crippen LogP contribution < -0.4 is 5.32 Å². The fourth-order valence-electron chi connectivity index (χ4n) is 2.64. The Balaban J connectivity index is 1.84. The Morgan fingerprint density at radius 1 is 1.04 bits per heavy atom. The summed E-state index contributed by atoms with van der Waals surface area (Å²) in [6, 6.07) is 14.5. The van der Waals surface area contributed by atoms with Crippen molar-refractivity contribution in [2.24, 2.45) is 0 Å². The highest BCUT2D eigenvalue weighted by molar-refractivity contribution is 5.53. The molecule has 8 heteroatoms. The second kappa shape index (κ2) is 8.35. The molecule has 5 nitrogen and oxygen atoms in total. The number of nitrogens with one attached hydrogen (secondary N) is 1. The molecule has 2 N–H and O–H groups in total. The summed E-state index contributed by atoms with van der Waals surface area (Å²) in [6.45, 7) is 1.68. The molecule has 3 aromatic rings. The molecular weight excluding hydrogens is 369 g/mol. The third-order valence-corrected chi connectivity index (χ3v) is 4.15. The van der Waals surface area contributed by atoms with Gasteiger partial charge in [0.25, 0.3) is 0 Å². The Bertz CT molecular complexity index is 904. The quantitative estimate of drug-likeness (QED) is 0.669. The van der Waals surface area contributed by atoms with Gasteiger partial charge in [0.05, 0.1) is 12.1 Å². The molecule has 0 aliphatic heterocycles. The summed E-state index contributed by atoms with van der Waals surface area (Å²) in [5, 5.41) is 13.3. The largest absolute Gasteiger partial charge is 0.433 e. The van der Waals surface area contributed by atoms with Gasteiger partial charge in [0, 0.05) is 18.7 Å². The molecule has 0 saturated heterocycles. The monoisotopic (exact) mass is 388 g/mol. The molecule has 0 bridgehead atoms. The lowest BCUT2D eigenvalue weighted by atomic mass is 10.0. The Hall–Kier alpha value is -3.00. The first kappa shape index (κ1) is 19.8. The van der Waals surface area contributed by atoms with Crippen LogP contribution in [0.1, 0.15) is 18.2 Å². The zero-order valence-corrected chi connectivity index (χ0v) is 15.1. The van der Waals surface area contributed by atoms with E-state index in [1.807, 2.05) is 30.3 Å². The van der Waals surface area contributed by atoms with Crippen LogP contribution in [0.4, 0.5) is 19.0 Å². The predicted molar refractivity (Wildman–Crippen MR) is 99.5 cm³/mol. The maximum atomic E-state index is 13.3. The third-order valence-electron chi connectivity index (χ3n) is 4.15. The van der Waals surface area contributed by atoms with Crippen molar-refractivity contribution in [2.45, 2.75) is 31.7 Å². The van der Waals surface area contributed by atoms with Gasteiger partial charge < -0.3 is 10.4 Å². The molecule has 2 aromatic heterocycles. The number of aromatic nitrogens is 3. The number of benzene rings is 1. The van der Waals surface area contributed by atoms with Gasteiger partial charge in [-0.15, -0.1) is 0 Å². The lowest BCUT2D eigenvalue weighted by Gasteiger charge is -2.21. The summed E-state index contributed by atoms with van der Waals surface area (Å²) in [4.78, 5) is 11.8. The summed E-state index contributed by atoms with van der Waals surface area (Å²) < 4.78 is 39.8. The molecule has 0 spiro atoms. The molecule has 0 fully saturated rings. The maximum absolute atomic E-state index is 13.3. The first-order valence-corrected chi connectivity index (χ1v) is 8.69. The zero-order chi connectivity index (χ0) is 20.1. The molecule has 146 valence electrons. The van der Waals surface area contributed by atoms with Crippen molar-refractivity contribution < 1.29 is 18.3 Å². The van der Waals surface area contributed by atoms with Crippen molar-refractivity contribution in [2.75, 3.05) is 5.32 Å². The number of anilines is 1. The van der Waals surface area contributed by atoms with E-state index in [0.29, 0.717) is 6.42 Å². The first-order valence-electron chi connectivity index (χ1n) is 8.69. The molecule has 0 aliphatic rings. The van der Waals surface area contributed by atoms with Crippen LogP contribution >= 0.6 is 0 Å². The Kier molecular flexibility index (Phi) is 5.89. The number of halogens is 3. The molecule has 2 atom stereocenters. The standard InChI is InChI=1S/C20H19F3N4O/c1-13(16(28)11-14-7-3-2-4-8-14)25-18-12-17(20(21,22)23)26-19(27-18)15-9-5-6-10-24-15/h2-10,12-13,16,28H,11H2,1H3,(H,25,26,27). The smallest absolute Gasteiger partial charge is 0.391 e. The van der Waals surface area contributed by atoms with Crippen LogP contribution in [-0.4, -0.2) is 32.2 Å². The summed E-state index contributed by atoms with van der Waals surface area (Å²) in [7, 11) is 0. The van der Waals surface area contributed by atoms with E-state index < -0.39 is 24.0 Å². The fraction of sp³-hybridized carbons (Fsp3) is 0.250. The topological polar surface area (TPSA) is 70.9 Å². The lowest BCUT2D eigenvalue weighted by Crippen LogP contribution is -2.33. The molecular formula is C20H19F3N4O. The van der Waals surface area contributed by atoms with Crippen molar-refractivity contribution >= 4 is 5.82 Å². The molecule has 2 heterocycles. The Labute approximate surface area is 160 Å². The maximum Gasteiger partial charge on any atom is 0.433 e. The average molecular weight is 388 g/mol. The number of hydrogen-bond donors (Lipinski definition) is 2. The Morgan fingerprint density at radius 2 is 1.75 bits per heavy atom. The van der Waals surface area contributed by atoms with Gasteiger partial charge in [-0.2, -0.15) is 13.2 Å². The average Bonchev–Trinajstić information content (AvgIpc) is 2.68. The summed E-state index contributed by atoms with van der Waals surface area (Å²) in [5.41, 5.74) is 0.0843. The van der Waals surface area contributed by atoms with Crippen LogP contribution in [-0.2, 0) is 12.6 Å². The van der Waals surface area contributed by atoms with Crippen molar-refractivity contribution in [3.8, 4) is 11.5 Å². The highest BCUT2D eigenvalue weighted by atomic mass is 19.4. The van der Waals surface area contributed by atoms with E-state index in [2.05, 4.69) is 20.3 Å². The van der Waals surface area contributed by atoms with Crippen LogP contribution in [0.2, 0.25) is 0 Å². The highest BCUT2D eigenvalue weighted by Crippen LogP contribution is 2.30. The van der Waals surface area contributed by atoms with Crippen molar-refractivity contribution in [3.05, 3.63) is 72.1 Å². The number of hydrogen-bond acceptors (Lipinski definition) is 5. The van der Waals surface area contributed by atoms with Gasteiger partial charge in [-0.05, 0) is 24.6 Å². The normalized spacial score (nSPS) is 13.8. The van der Waals surface area contributed by atoms with Gasteiger partial charge in [-0.25, -0.2) is 9.97 Å². The van der Waals surface area contributed by atoms with E-state index in [-0.39, 0.29) is 17.3 Å². The molecule has 0 saturated carbocycles. The summed E-state index contributed by atoms with van der Waals surface area (Å²) in [6.07, 6.45) is -3.63. The van der Waals surface area contributed by atoms with Crippen LogP contribution in [0, 0.1) is 0 Å². The minimum absolute atomic E-state index is 0.0254. The molecule has 28 heavy (non-hydrogen) atoms. The Morgan fingerprint density at radius 3 is 2.39 bits per heavy atom. The van der Waals surface area contributed by atoms with E-state index in [1.54, 1.807) is 19.1 Å². The number of rotatable bonds is 6. The minimum Gasteiger partial charge on any atom is -0.391 e. The molecule has 0 aliphatic carbocycles. The summed E-state index contributed by atoms with van der Waals surface area (Å²) in [5.74, 6) is -0.162. The minimum atomic E-state index is -4.63. The van der Waals surface area contributed by atoms with Gasteiger partial charge in [0.2, 0.25) is 0 Å². The zero-order valence-electron chi connectivity index (χ0n) is 15.1. The van der Waals surface area contributed by atoms with Crippen LogP contribution in [0.3, 0.4) is 0 Å². The predicted octanol–water partition coefficient (Wildman–Crippen LogP) is 3.96. The van der Waals surface area contributed by atoms with Gasteiger partial charge in [0.15, 0.2) is 11.5 Å². The SMILES string of the molecule is CC(Nc1cc(C(F)(F)F)nc(-c2ccccn2)n1)C(O)Cc1ccccc1. The molecule has 0 amide bonds.